The van der Waals surface area contributed by atoms with Crippen molar-refractivity contribution in [3.8, 4) is 0 Å². The molecular weight excluding hydrogens is 366 g/mol. The molecule has 0 aliphatic carbocycles. The summed E-state index contributed by atoms with van der Waals surface area (Å²) in [4.78, 5) is 46.7. The van der Waals surface area contributed by atoms with Crippen LogP contribution in [-0.4, -0.2) is 49.7 Å². The summed E-state index contributed by atoms with van der Waals surface area (Å²) in [6.45, 7) is 5.89. The van der Waals surface area contributed by atoms with Crippen LogP contribution in [0.3, 0.4) is 0 Å². The number of unbranched alkanes of at least 4 members (excludes halogenated alkanes) is 5. The Morgan fingerprint density at radius 3 is 2.39 bits per heavy atom. The molecule has 158 valence electrons. The summed E-state index contributed by atoms with van der Waals surface area (Å²) in [6, 6.07) is -0.504. The van der Waals surface area contributed by atoms with Crippen molar-refractivity contribution in [3.05, 3.63) is 12.2 Å². The maximum Gasteiger partial charge on any atom is 0.351 e. The van der Waals surface area contributed by atoms with Crippen LogP contribution in [0.5, 0.6) is 0 Å². The van der Waals surface area contributed by atoms with Crippen LogP contribution >= 0.6 is 0 Å². The SMILES string of the molecule is C=C(CC(=O)OCCCCCCCC)C(=O)OCC(=O)OC(=O)[C@@H]1CCCN1. The molecule has 1 N–H and O–H groups in total. The van der Waals surface area contributed by atoms with Crippen LogP contribution in [0.25, 0.3) is 0 Å². The second-order valence-corrected chi connectivity index (χ2v) is 6.79. The lowest BCUT2D eigenvalue weighted by Gasteiger charge is -2.10. The van der Waals surface area contributed by atoms with E-state index in [1.54, 1.807) is 0 Å². The number of rotatable bonds is 13. The molecule has 8 heteroatoms. The third-order valence-corrected chi connectivity index (χ3v) is 4.29. The number of hydrogen-bond acceptors (Lipinski definition) is 8. The van der Waals surface area contributed by atoms with Crippen molar-refractivity contribution in [2.24, 2.45) is 0 Å². The first-order valence-corrected chi connectivity index (χ1v) is 9.92. The predicted octanol–water partition coefficient (Wildman–Crippen LogP) is 2.20. The van der Waals surface area contributed by atoms with E-state index >= 15 is 0 Å². The van der Waals surface area contributed by atoms with Gasteiger partial charge < -0.3 is 19.5 Å². The van der Waals surface area contributed by atoms with E-state index in [0.717, 1.165) is 25.7 Å². The highest BCUT2D eigenvalue weighted by Gasteiger charge is 2.26. The molecule has 0 radical (unpaired) electrons. The third kappa shape index (κ3) is 10.2. The van der Waals surface area contributed by atoms with Gasteiger partial charge in [-0.1, -0.05) is 45.6 Å². The first-order chi connectivity index (χ1) is 13.4. The molecule has 0 aromatic rings. The highest BCUT2D eigenvalue weighted by molar-refractivity contribution is 5.95. The topological polar surface area (TPSA) is 108 Å². The molecule has 0 unspecified atom stereocenters. The molecule has 1 saturated heterocycles. The Balaban J connectivity index is 2.13. The summed E-state index contributed by atoms with van der Waals surface area (Å²) < 4.78 is 14.4. The molecule has 0 amide bonds. The Labute approximate surface area is 166 Å². The van der Waals surface area contributed by atoms with Crippen LogP contribution in [-0.2, 0) is 33.4 Å². The van der Waals surface area contributed by atoms with E-state index in [9.17, 15) is 19.2 Å². The minimum atomic E-state index is -0.967. The van der Waals surface area contributed by atoms with Gasteiger partial charge >= 0.3 is 23.9 Å². The van der Waals surface area contributed by atoms with Gasteiger partial charge in [0.15, 0.2) is 6.61 Å². The average Bonchev–Trinajstić information content (AvgIpc) is 3.20. The maximum atomic E-state index is 11.8. The largest absolute Gasteiger partial charge is 0.465 e. The van der Waals surface area contributed by atoms with Crippen molar-refractivity contribution in [1.29, 1.82) is 0 Å². The van der Waals surface area contributed by atoms with E-state index in [0.29, 0.717) is 19.6 Å². The molecule has 1 aliphatic heterocycles. The molecule has 1 atom stereocenters. The first kappa shape index (κ1) is 23.8. The van der Waals surface area contributed by atoms with Crippen LogP contribution in [0.2, 0.25) is 0 Å². The molecule has 0 aromatic heterocycles. The fourth-order valence-electron chi connectivity index (χ4n) is 2.69. The minimum absolute atomic E-state index is 0.121. The van der Waals surface area contributed by atoms with Crippen molar-refractivity contribution in [2.45, 2.75) is 70.8 Å². The van der Waals surface area contributed by atoms with Crippen molar-refractivity contribution in [2.75, 3.05) is 19.8 Å². The normalized spacial score (nSPS) is 15.7. The van der Waals surface area contributed by atoms with Gasteiger partial charge in [-0.25, -0.2) is 14.4 Å². The lowest BCUT2D eigenvalue weighted by atomic mass is 10.1. The molecule has 1 aliphatic rings. The molecule has 0 spiro atoms. The summed E-state index contributed by atoms with van der Waals surface area (Å²) in [5, 5.41) is 2.90. The van der Waals surface area contributed by atoms with Gasteiger partial charge in [-0.05, 0) is 25.8 Å². The van der Waals surface area contributed by atoms with Crippen molar-refractivity contribution in [1.82, 2.24) is 5.32 Å². The Bertz CT molecular complexity index is 553. The molecule has 0 aromatic carbocycles. The van der Waals surface area contributed by atoms with E-state index in [1.165, 1.54) is 19.3 Å². The van der Waals surface area contributed by atoms with Crippen LogP contribution in [0.15, 0.2) is 12.2 Å². The van der Waals surface area contributed by atoms with Gasteiger partial charge in [-0.2, -0.15) is 0 Å². The number of nitrogens with one attached hydrogen (secondary N) is 1. The van der Waals surface area contributed by atoms with Gasteiger partial charge in [-0.3, -0.25) is 4.79 Å². The van der Waals surface area contributed by atoms with Crippen LogP contribution < -0.4 is 5.32 Å². The Morgan fingerprint density at radius 1 is 1.00 bits per heavy atom. The van der Waals surface area contributed by atoms with E-state index in [1.807, 2.05) is 0 Å². The zero-order valence-electron chi connectivity index (χ0n) is 16.6. The van der Waals surface area contributed by atoms with Crippen LogP contribution in [0.1, 0.15) is 64.7 Å². The van der Waals surface area contributed by atoms with Gasteiger partial charge in [0, 0.05) is 5.57 Å². The van der Waals surface area contributed by atoms with Gasteiger partial charge in [0.05, 0.1) is 13.0 Å². The summed E-state index contributed by atoms with van der Waals surface area (Å²) in [6.07, 6.45) is 7.57. The molecule has 0 bridgehead atoms. The second kappa shape index (κ2) is 13.9. The average molecular weight is 397 g/mol. The summed E-state index contributed by atoms with van der Waals surface area (Å²) in [5.74, 6) is -3.12. The number of esters is 4. The van der Waals surface area contributed by atoms with E-state index in [-0.39, 0.29) is 12.0 Å². The van der Waals surface area contributed by atoms with Gasteiger partial charge in [0.25, 0.3) is 0 Å². The Hall–Kier alpha value is -2.22. The van der Waals surface area contributed by atoms with E-state index < -0.39 is 36.5 Å². The Kier molecular flexibility index (Phi) is 11.8. The standard InChI is InChI=1S/C20H31NO7/c1-3-4-5-6-7-8-12-26-17(22)13-15(2)19(24)27-14-18(23)28-20(25)16-10-9-11-21-16/h16,21H,2-14H2,1H3/t16-/m0/s1. The maximum absolute atomic E-state index is 11.8. The molecule has 0 saturated carbocycles. The van der Waals surface area contributed by atoms with E-state index in [2.05, 4.69) is 23.6 Å². The van der Waals surface area contributed by atoms with Crippen molar-refractivity contribution in [3.63, 3.8) is 0 Å². The summed E-state index contributed by atoms with van der Waals surface area (Å²) >= 11 is 0. The third-order valence-electron chi connectivity index (χ3n) is 4.29. The Morgan fingerprint density at radius 2 is 1.71 bits per heavy atom. The van der Waals surface area contributed by atoms with Crippen molar-refractivity contribution >= 4 is 23.9 Å². The van der Waals surface area contributed by atoms with Gasteiger partial charge in [0.2, 0.25) is 0 Å². The molecule has 1 fully saturated rings. The number of carbonyl (C=O) groups excluding carboxylic acids is 4. The summed E-state index contributed by atoms with van der Waals surface area (Å²) in [7, 11) is 0. The van der Waals surface area contributed by atoms with Gasteiger partial charge in [0.1, 0.15) is 6.04 Å². The molecule has 8 nitrogen and oxygen atoms in total. The number of hydrogen-bond donors (Lipinski definition) is 1. The zero-order chi connectivity index (χ0) is 20.8. The van der Waals surface area contributed by atoms with Crippen molar-refractivity contribution < 1.29 is 33.4 Å². The first-order valence-electron chi connectivity index (χ1n) is 9.92. The number of carbonyl (C=O) groups is 4. The zero-order valence-corrected chi connectivity index (χ0v) is 16.6. The lowest BCUT2D eigenvalue weighted by molar-refractivity contribution is -0.167. The highest BCUT2D eigenvalue weighted by Crippen LogP contribution is 2.08. The van der Waals surface area contributed by atoms with Crippen LogP contribution in [0.4, 0.5) is 0 Å². The number of ether oxygens (including phenoxy) is 3. The monoisotopic (exact) mass is 397 g/mol. The smallest absolute Gasteiger partial charge is 0.351 e. The fraction of sp³-hybridized carbons (Fsp3) is 0.700. The lowest BCUT2D eigenvalue weighted by Crippen LogP contribution is -2.34. The summed E-state index contributed by atoms with van der Waals surface area (Å²) in [5.41, 5.74) is -0.121. The van der Waals surface area contributed by atoms with Crippen LogP contribution in [0, 0.1) is 0 Å². The second-order valence-electron chi connectivity index (χ2n) is 6.79. The molecule has 1 rings (SSSR count). The van der Waals surface area contributed by atoms with Gasteiger partial charge in [-0.15, -0.1) is 0 Å². The molecule has 1 heterocycles. The predicted molar refractivity (Wildman–Crippen MR) is 101 cm³/mol. The quantitative estimate of drug-likeness (QED) is 0.166. The van der Waals surface area contributed by atoms with E-state index in [4.69, 9.17) is 9.47 Å². The molecule has 28 heavy (non-hydrogen) atoms. The fourth-order valence-corrected chi connectivity index (χ4v) is 2.69. The minimum Gasteiger partial charge on any atom is -0.465 e. The molecular formula is C20H31NO7. The highest BCUT2D eigenvalue weighted by atomic mass is 16.6.